The second-order valence-corrected chi connectivity index (χ2v) is 6.51. The average Bonchev–Trinajstić information content (AvgIpc) is 2.95. The number of hydrogen-bond donors (Lipinski definition) is 1. The van der Waals surface area contributed by atoms with Gasteiger partial charge in [0.25, 0.3) is 11.5 Å². The van der Waals surface area contributed by atoms with Crippen molar-refractivity contribution in [1.82, 2.24) is 14.9 Å². The molecular weight excluding hydrogens is 418 g/mol. The maximum absolute atomic E-state index is 12.8. The molecule has 2 heterocycles. The minimum absolute atomic E-state index is 0.362. The second kappa shape index (κ2) is 9.93. The van der Waals surface area contributed by atoms with Crippen LogP contribution >= 0.6 is 0 Å². The first-order valence-corrected chi connectivity index (χ1v) is 9.03. The first-order chi connectivity index (χ1) is 14.5. The molecule has 0 radical (unpaired) electrons. The second-order valence-electron chi connectivity index (χ2n) is 6.51. The van der Waals surface area contributed by atoms with E-state index in [1.54, 1.807) is 0 Å². The van der Waals surface area contributed by atoms with Crippen LogP contribution in [0.2, 0.25) is 0 Å². The molecule has 0 saturated carbocycles. The van der Waals surface area contributed by atoms with Crippen molar-refractivity contribution < 1.29 is 42.9 Å². The van der Waals surface area contributed by atoms with Gasteiger partial charge < -0.3 is 18.9 Å². The molecule has 2 rings (SSSR count). The lowest BCUT2D eigenvalue weighted by Gasteiger charge is -2.24. The summed E-state index contributed by atoms with van der Waals surface area (Å²) in [4.78, 5) is 74.2. The van der Waals surface area contributed by atoms with Crippen molar-refractivity contribution in [3.05, 3.63) is 28.4 Å². The van der Waals surface area contributed by atoms with Crippen LogP contribution in [0.1, 0.15) is 44.4 Å². The Labute approximate surface area is 175 Å². The Morgan fingerprint density at radius 1 is 1.03 bits per heavy atom. The van der Waals surface area contributed by atoms with Gasteiger partial charge in [0.05, 0.1) is 0 Å². The number of carbonyl (C=O) groups excluding carboxylic acids is 5. The number of esters is 3. The number of rotatable bonds is 6. The van der Waals surface area contributed by atoms with Crippen LogP contribution in [0.3, 0.4) is 0 Å². The molecule has 1 aliphatic rings. The normalized spacial score (nSPS) is 22.3. The van der Waals surface area contributed by atoms with E-state index in [1.807, 2.05) is 5.32 Å². The maximum Gasteiger partial charge on any atom is 0.303 e. The quantitative estimate of drug-likeness (QED) is 0.419. The molecule has 0 spiro atoms. The summed E-state index contributed by atoms with van der Waals surface area (Å²) in [7, 11) is 0. The van der Waals surface area contributed by atoms with Crippen molar-refractivity contribution in [3.8, 4) is 0 Å². The zero-order valence-corrected chi connectivity index (χ0v) is 17.1. The Morgan fingerprint density at radius 3 is 2.19 bits per heavy atom. The molecule has 1 aromatic heterocycles. The smallest absolute Gasteiger partial charge is 0.303 e. The van der Waals surface area contributed by atoms with Crippen molar-refractivity contribution in [2.75, 3.05) is 6.61 Å². The molecule has 31 heavy (non-hydrogen) atoms. The predicted octanol–water partition coefficient (Wildman–Crippen LogP) is -1.16. The van der Waals surface area contributed by atoms with E-state index in [1.165, 1.54) is 0 Å². The molecule has 2 amide bonds. The highest BCUT2D eigenvalue weighted by Crippen LogP contribution is 2.33. The Hall–Kier alpha value is -3.61. The van der Waals surface area contributed by atoms with Crippen LogP contribution in [-0.2, 0) is 38.1 Å². The van der Waals surface area contributed by atoms with Crippen LogP contribution in [0.25, 0.3) is 0 Å². The SMILES string of the molecule is CC(=O)NC(=O)c1nccn(C2OC(COC(C)=O)C(OC(C)=O)C2OC(C)=O)c1=O. The molecule has 1 fully saturated rings. The third-order valence-electron chi connectivity index (χ3n) is 3.99. The highest BCUT2D eigenvalue weighted by atomic mass is 16.7. The van der Waals surface area contributed by atoms with Gasteiger partial charge in [-0.2, -0.15) is 0 Å². The number of carbonyl (C=O) groups is 5. The summed E-state index contributed by atoms with van der Waals surface area (Å²) in [6.07, 6.45) is -2.71. The van der Waals surface area contributed by atoms with E-state index in [9.17, 15) is 28.8 Å². The molecule has 13 heteroatoms. The number of imide groups is 1. The standard InChI is InChI=1S/C18H21N3O10/c1-8(22)20-16(26)13-17(27)21(6-5-19-13)18-15(30-11(4)25)14(29-10(3)24)12(31-18)7-28-9(2)23/h5-6,12,14-15,18H,7H2,1-4H3,(H,20,22,26). The summed E-state index contributed by atoms with van der Waals surface area (Å²) in [5.41, 5.74) is -1.58. The first-order valence-electron chi connectivity index (χ1n) is 9.03. The van der Waals surface area contributed by atoms with Crippen molar-refractivity contribution >= 4 is 29.7 Å². The molecule has 0 bridgehead atoms. The number of nitrogens with zero attached hydrogens (tertiary/aromatic N) is 2. The lowest BCUT2D eigenvalue weighted by Crippen LogP contribution is -2.43. The summed E-state index contributed by atoms with van der Waals surface area (Å²) in [5, 5.41) is 1.93. The molecular formula is C18H21N3O10. The van der Waals surface area contributed by atoms with Gasteiger partial charge in [0.1, 0.15) is 12.7 Å². The minimum Gasteiger partial charge on any atom is -0.463 e. The fraction of sp³-hybridized carbons (Fsp3) is 0.500. The number of nitrogens with one attached hydrogen (secondary N) is 1. The zero-order chi connectivity index (χ0) is 23.3. The lowest BCUT2D eigenvalue weighted by atomic mass is 10.1. The first kappa shape index (κ1) is 23.7. The third-order valence-corrected chi connectivity index (χ3v) is 3.99. The highest BCUT2D eigenvalue weighted by molar-refractivity contribution is 6.02. The largest absolute Gasteiger partial charge is 0.463 e. The number of amides is 2. The third kappa shape index (κ3) is 5.94. The van der Waals surface area contributed by atoms with E-state index in [2.05, 4.69) is 4.98 Å². The van der Waals surface area contributed by atoms with Gasteiger partial charge in [0.2, 0.25) is 5.91 Å². The zero-order valence-electron chi connectivity index (χ0n) is 17.1. The predicted molar refractivity (Wildman–Crippen MR) is 98.3 cm³/mol. The molecule has 4 atom stereocenters. The molecule has 168 valence electrons. The monoisotopic (exact) mass is 439 g/mol. The van der Waals surface area contributed by atoms with Gasteiger partial charge in [0.15, 0.2) is 24.1 Å². The van der Waals surface area contributed by atoms with Crippen LogP contribution in [0.15, 0.2) is 17.2 Å². The summed E-state index contributed by atoms with van der Waals surface area (Å²) >= 11 is 0. The average molecular weight is 439 g/mol. The van der Waals surface area contributed by atoms with Crippen LogP contribution < -0.4 is 10.9 Å². The van der Waals surface area contributed by atoms with Crippen LogP contribution in [-0.4, -0.2) is 64.2 Å². The molecule has 4 unspecified atom stereocenters. The molecule has 1 N–H and O–H groups in total. The molecule has 1 aromatic rings. The van der Waals surface area contributed by atoms with E-state index >= 15 is 0 Å². The fourth-order valence-corrected chi connectivity index (χ4v) is 2.92. The maximum atomic E-state index is 12.8. The Kier molecular flexibility index (Phi) is 7.58. The lowest BCUT2D eigenvalue weighted by molar-refractivity contribution is -0.166. The van der Waals surface area contributed by atoms with E-state index < -0.39 is 65.5 Å². The van der Waals surface area contributed by atoms with E-state index in [0.717, 1.165) is 44.7 Å². The summed E-state index contributed by atoms with van der Waals surface area (Å²) in [6, 6.07) is 0. The summed E-state index contributed by atoms with van der Waals surface area (Å²) < 4.78 is 22.0. The number of hydrogen-bond acceptors (Lipinski definition) is 11. The van der Waals surface area contributed by atoms with Crippen molar-refractivity contribution in [3.63, 3.8) is 0 Å². The Balaban J connectivity index is 2.48. The fourth-order valence-electron chi connectivity index (χ4n) is 2.92. The Morgan fingerprint density at radius 2 is 1.65 bits per heavy atom. The molecule has 0 aromatic carbocycles. The van der Waals surface area contributed by atoms with Gasteiger partial charge in [-0.15, -0.1) is 0 Å². The van der Waals surface area contributed by atoms with Gasteiger partial charge >= 0.3 is 17.9 Å². The van der Waals surface area contributed by atoms with Crippen molar-refractivity contribution in [1.29, 1.82) is 0 Å². The van der Waals surface area contributed by atoms with E-state index in [-0.39, 0.29) is 6.61 Å². The van der Waals surface area contributed by atoms with Gasteiger partial charge in [-0.05, 0) is 0 Å². The van der Waals surface area contributed by atoms with Crippen molar-refractivity contribution in [2.24, 2.45) is 0 Å². The van der Waals surface area contributed by atoms with Crippen LogP contribution in [0.5, 0.6) is 0 Å². The highest BCUT2D eigenvalue weighted by Gasteiger charge is 2.51. The summed E-state index contributed by atoms with van der Waals surface area (Å²) in [5.74, 6) is -3.87. The van der Waals surface area contributed by atoms with E-state index in [4.69, 9.17) is 18.9 Å². The van der Waals surface area contributed by atoms with Crippen molar-refractivity contribution in [2.45, 2.75) is 52.2 Å². The van der Waals surface area contributed by atoms with Crippen LogP contribution in [0, 0.1) is 0 Å². The number of aromatic nitrogens is 2. The van der Waals surface area contributed by atoms with Gasteiger partial charge in [-0.3, -0.25) is 38.7 Å². The van der Waals surface area contributed by atoms with Gasteiger partial charge in [-0.25, -0.2) is 4.98 Å². The topological polar surface area (TPSA) is 169 Å². The number of ether oxygens (including phenoxy) is 4. The molecule has 13 nitrogen and oxygen atoms in total. The minimum atomic E-state index is -1.35. The molecule has 0 aliphatic carbocycles. The van der Waals surface area contributed by atoms with Gasteiger partial charge in [0, 0.05) is 40.1 Å². The molecule has 1 aliphatic heterocycles. The van der Waals surface area contributed by atoms with E-state index in [0.29, 0.717) is 0 Å². The Bertz CT molecular complexity index is 956. The van der Waals surface area contributed by atoms with Gasteiger partial charge in [-0.1, -0.05) is 0 Å². The van der Waals surface area contributed by atoms with Crippen LogP contribution in [0.4, 0.5) is 0 Å². The molecule has 1 saturated heterocycles. The summed E-state index contributed by atoms with van der Waals surface area (Å²) in [6.45, 7) is 4.09.